The molecule has 5 heteroatoms. The maximum atomic E-state index is 11.0. The molecule has 2 N–H and O–H groups in total. The largest absolute Gasteiger partial charge is 0.492 e. The van der Waals surface area contributed by atoms with Crippen molar-refractivity contribution in [3.63, 3.8) is 0 Å². The first kappa shape index (κ1) is 17.8. The molecule has 1 unspecified atom stereocenters. The van der Waals surface area contributed by atoms with Gasteiger partial charge in [0, 0.05) is 13.1 Å². The van der Waals surface area contributed by atoms with Crippen molar-refractivity contribution >= 4 is 5.97 Å². The molecule has 0 aliphatic heterocycles. The maximum absolute atomic E-state index is 11.0. The molecule has 0 amide bonds. The average molecular weight is 329 g/mol. The van der Waals surface area contributed by atoms with Crippen molar-refractivity contribution < 1.29 is 19.4 Å². The molecule has 0 aliphatic rings. The van der Waals surface area contributed by atoms with E-state index in [-0.39, 0.29) is 0 Å². The Morgan fingerprint density at radius 1 is 1.12 bits per heavy atom. The highest BCUT2D eigenvalue weighted by Gasteiger charge is 2.16. The van der Waals surface area contributed by atoms with E-state index in [2.05, 4.69) is 5.32 Å². The lowest BCUT2D eigenvalue weighted by Crippen LogP contribution is -2.26. The minimum Gasteiger partial charge on any atom is -0.492 e. The average Bonchev–Trinajstić information content (AvgIpc) is 2.60. The lowest BCUT2D eigenvalue weighted by molar-refractivity contribution is -0.145. The first-order valence-electron chi connectivity index (χ1n) is 8.06. The van der Waals surface area contributed by atoms with Crippen LogP contribution in [0.3, 0.4) is 0 Å². The zero-order valence-corrected chi connectivity index (χ0v) is 13.8. The fraction of sp³-hybridized carbons (Fsp3) is 0.316. The number of rotatable bonds is 10. The van der Waals surface area contributed by atoms with E-state index in [1.807, 2.05) is 48.5 Å². The summed E-state index contributed by atoms with van der Waals surface area (Å²) in [5, 5.41) is 12.3. The molecular weight excluding hydrogens is 306 g/mol. The summed E-state index contributed by atoms with van der Waals surface area (Å²) in [6.45, 7) is 3.75. The second-order valence-corrected chi connectivity index (χ2v) is 5.34. The summed E-state index contributed by atoms with van der Waals surface area (Å²) in [4.78, 5) is 11.0. The molecule has 0 fully saturated rings. The monoisotopic (exact) mass is 329 g/mol. The van der Waals surface area contributed by atoms with Gasteiger partial charge in [0.15, 0.2) is 6.10 Å². The fourth-order valence-electron chi connectivity index (χ4n) is 2.19. The van der Waals surface area contributed by atoms with Crippen LogP contribution in [0.1, 0.15) is 18.9 Å². The van der Waals surface area contributed by atoms with Gasteiger partial charge in [0.1, 0.15) is 18.1 Å². The Hall–Kier alpha value is -2.53. The number of nitrogens with one attached hydrogen (secondary N) is 1. The molecule has 0 aliphatic carbocycles. The van der Waals surface area contributed by atoms with Crippen LogP contribution in [-0.2, 0) is 11.3 Å². The Bertz CT molecular complexity index is 630. The van der Waals surface area contributed by atoms with Crippen molar-refractivity contribution in [3.8, 4) is 11.5 Å². The molecule has 0 saturated carbocycles. The molecule has 0 radical (unpaired) electrons. The number of carbonyl (C=O) groups is 1. The normalized spacial score (nSPS) is 11.7. The summed E-state index contributed by atoms with van der Waals surface area (Å²) < 4.78 is 11.1. The van der Waals surface area contributed by atoms with Gasteiger partial charge in [-0.25, -0.2) is 4.79 Å². The lowest BCUT2D eigenvalue weighted by Gasteiger charge is -2.14. The van der Waals surface area contributed by atoms with Gasteiger partial charge >= 0.3 is 5.97 Å². The Kier molecular flexibility index (Phi) is 7.11. The van der Waals surface area contributed by atoms with Gasteiger partial charge in [0.2, 0.25) is 0 Å². The van der Waals surface area contributed by atoms with Crippen LogP contribution in [0.4, 0.5) is 0 Å². The quantitative estimate of drug-likeness (QED) is 0.656. The number of hydrogen-bond acceptors (Lipinski definition) is 4. The molecule has 1 atom stereocenters. The van der Waals surface area contributed by atoms with E-state index in [0.717, 1.165) is 11.3 Å². The van der Waals surface area contributed by atoms with E-state index >= 15 is 0 Å². The molecular formula is C19H23NO4. The number of para-hydroxylation sites is 1. The summed E-state index contributed by atoms with van der Waals surface area (Å²) in [6.07, 6.45) is -0.387. The van der Waals surface area contributed by atoms with Crippen LogP contribution in [0.15, 0.2) is 54.6 Å². The first-order valence-corrected chi connectivity index (χ1v) is 8.06. The third-order valence-corrected chi connectivity index (χ3v) is 3.44. The predicted molar refractivity (Wildman–Crippen MR) is 92.4 cm³/mol. The van der Waals surface area contributed by atoms with Crippen molar-refractivity contribution in [2.75, 3.05) is 13.2 Å². The van der Waals surface area contributed by atoms with Gasteiger partial charge in [-0.3, -0.25) is 0 Å². The molecule has 128 valence electrons. The van der Waals surface area contributed by atoms with Crippen molar-refractivity contribution in [3.05, 3.63) is 60.2 Å². The molecule has 2 aromatic carbocycles. The number of aliphatic carboxylic acids is 1. The summed E-state index contributed by atoms with van der Waals surface area (Å²) in [5.74, 6) is 0.483. The molecule has 2 aromatic rings. The smallest absolute Gasteiger partial charge is 0.344 e. The van der Waals surface area contributed by atoms with Crippen LogP contribution < -0.4 is 14.8 Å². The topological polar surface area (TPSA) is 67.8 Å². The third kappa shape index (κ3) is 5.93. The number of carboxylic acids is 1. The van der Waals surface area contributed by atoms with Crippen LogP contribution >= 0.6 is 0 Å². The zero-order valence-electron chi connectivity index (χ0n) is 13.8. The van der Waals surface area contributed by atoms with E-state index in [4.69, 9.17) is 14.6 Å². The minimum absolute atomic E-state index is 0.425. The Labute approximate surface area is 142 Å². The Morgan fingerprint density at radius 2 is 1.88 bits per heavy atom. The summed E-state index contributed by atoms with van der Waals surface area (Å²) in [7, 11) is 0. The molecule has 0 bridgehead atoms. The number of benzene rings is 2. The molecule has 0 saturated heterocycles. The standard InChI is InChI=1S/C19H23NO4/c1-2-18(19(21)22)24-17-10-6-7-15(13-17)14-20-11-12-23-16-8-4-3-5-9-16/h3-10,13,18,20H,2,11-12,14H2,1H3,(H,21,22). The number of ether oxygens (including phenoxy) is 2. The number of hydrogen-bond donors (Lipinski definition) is 2. The molecule has 0 spiro atoms. The van der Waals surface area contributed by atoms with Crippen molar-refractivity contribution in [1.82, 2.24) is 5.32 Å². The molecule has 0 heterocycles. The Morgan fingerprint density at radius 3 is 2.58 bits per heavy atom. The Balaban J connectivity index is 1.74. The van der Waals surface area contributed by atoms with E-state index in [0.29, 0.717) is 31.9 Å². The van der Waals surface area contributed by atoms with E-state index in [1.54, 1.807) is 13.0 Å². The maximum Gasteiger partial charge on any atom is 0.344 e. The summed E-state index contributed by atoms with van der Waals surface area (Å²) in [6, 6.07) is 17.1. The summed E-state index contributed by atoms with van der Waals surface area (Å²) >= 11 is 0. The van der Waals surface area contributed by atoms with Gasteiger partial charge in [-0.05, 0) is 36.2 Å². The number of carboxylic acid groups (broad SMARTS) is 1. The highest BCUT2D eigenvalue weighted by Crippen LogP contribution is 2.16. The highest BCUT2D eigenvalue weighted by molar-refractivity contribution is 5.72. The highest BCUT2D eigenvalue weighted by atomic mass is 16.5. The second kappa shape index (κ2) is 9.57. The predicted octanol–water partition coefficient (Wildman–Crippen LogP) is 3.10. The van der Waals surface area contributed by atoms with Gasteiger partial charge < -0.3 is 19.9 Å². The minimum atomic E-state index is -0.945. The van der Waals surface area contributed by atoms with Crippen LogP contribution in [0.25, 0.3) is 0 Å². The molecule has 5 nitrogen and oxygen atoms in total. The van der Waals surface area contributed by atoms with E-state index in [9.17, 15) is 4.79 Å². The van der Waals surface area contributed by atoms with Crippen molar-refractivity contribution in [2.24, 2.45) is 0 Å². The van der Waals surface area contributed by atoms with Crippen LogP contribution in [0.5, 0.6) is 11.5 Å². The zero-order chi connectivity index (χ0) is 17.2. The van der Waals surface area contributed by atoms with Gasteiger partial charge in [0.05, 0.1) is 0 Å². The van der Waals surface area contributed by atoms with E-state index in [1.165, 1.54) is 0 Å². The van der Waals surface area contributed by atoms with Gasteiger partial charge in [-0.2, -0.15) is 0 Å². The van der Waals surface area contributed by atoms with Crippen LogP contribution in [0, 0.1) is 0 Å². The fourth-order valence-corrected chi connectivity index (χ4v) is 2.19. The first-order chi connectivity index (χ1) is 11.7. The molecule has 24 heavy (non-hydrogen) atoms. The summed E-state index contributed by atoms with van der Waals surface area (Å²) in [5.41, 5.74) is 1.03. The van der Waals surface area contributed by atoms with Crippen molar-refractivity contribution in [1.29, 1.82) is 0 Å². The van der Waals surface area contributed by atoms with Gasteiger partial charge in [-0.15, -0.1) is 0 Å². The second-order valence-electron chi connectivity index (χ2n) is 5.34. The SMILES string of the molecule is CCC(Oc1cccc(CNCCOc2ccccc2)c1)C(=O)O. The van der Waals surface area contributed by atoms with E-state index < -0.39 is 12.1 Å². The van der Waals surface area contributed by atoms with Crippen LogP contribution in [0.2, 0.25) is 0 Å². The van der Waals surface area contributed by atoms with Crippen molar-refractivity contribution in [2.45, 2.75) is 26.0 Å². The van der Waals surface area contributed by atoms with Crippen LogP contribution in [-0.4, -0.2) is 30.3 Å². The molecule has 2 rings (SSSR count). The van der Waals surface area contributed by atoms with Gasteiger partial charge in [0.25, 0.3) is 0 Å². The molecule has 0 aromatic heterocycles. The lowest BCUT2D eigenvalue weighted by atomic mass is 10.2. The van der Waals surface area contributed by atoms with Gasteiger partial charge in [-0.1, -0.05) is 37.3 Å². The third-order valence-electron chi connectivity index (χ3n) is 3.44.